The van der Waals surface area contributed by atoms with Crippen molar-refractivity contribution in [1.29, 1.82) is 0 Å². The summed E-state index contributed by atoms with van der Waals surface area (Å²) >= 11 is 5.99. The largest absolute Gasteiger partial charge is 0.288 e. The molecule has 0 aromatic heterocycles. The first-order valence-electron chi connectivity index (χ1n) is 4.36. The molecule has 0 spiro atoms. The van der Waals surface area contributed by atoms with E-state index in [1.54, 1.807) is 0 Å². The maximum Gasteiger partial charge on any atom is 0.270 e. The lowest BCUT2D eigenvalue weighted by molar-refractivity contribution is -0.384. The van der Waals surface area contributed by atoms with Crippen LogP contribution in [-0.4, -0.2) is 16.5 Å². The van der Waals surface area contributed by atoms with E-state index in [4.69, 9.17) is 0 Å². The number of halogens is 2. The molecule has 0 unspecified atom stereocenters. The molecule has 0 saturated heterocycles. The highest BCUT2D eigenvalue weighted by molar-refractivity contribution is 9.14. The van der Waals surface area contributed by atoms with Crippen molar-refractivity contribution >= 4 is 49.1 Å². The fourth-order valence-corrected chi connectivity index (χ4v) is 2.25. The molecule has 0 bridgehead atoms. The monoisotopic (exact) mass is 359 g/mol. The molecular formula is C10H3Br2NO4. The Morgan fingerprint density at radius 2 is 1.53 bits per heavy atom. The maximum absolute atomic E-state index is 11.8. The van der Waals surface area contributed by atoms with Gasteiger partial charge in [0.1, 0.15) is 0 Å². The molecule has 7 heteroatoms. The van der Waals surface area contributed by atoms with E-state index in [0.29, 0.717) is 0 Å². The first-order chi connectivity index (χ1) is 7.93. The van der Waals surface area contributed by atoms with E-state index in [1.807, 2.05) is 0 Å². The fourth-order valence-electron chi connectivity index (χ4n) is 1.47. The molecule has 0 amide bonds. The number of carbonyl (C=O) groups is 2. The van der Waals surface area contributed by atoms with E-state index in [9.17, 15) is 19.7 Å². The summed E-state index contributed by atoms with van der Waals surface area (Å²) in [7, 11) is 0. The Labute approximate surface area is 112 Å². The quantitative estimate of drug-likeness (QED) is 0.569. The van der Waals surface area contributed by atoms with Gasteiger partial charge < -0.3 is 0 Å². The predicted octanol–water partition coefficient (Wildman–Crippen LogP) is 2.98. The summed E-state index contributed by atoms with van der Waals surface area (Å²) in [4.78, 5) is 33.6. The smallest absolute Gasteiger partial charge is 0.270 e. The van der Waals surface area contributed by atoms with Crippen molar-refractivity contribution < 1.29 is 14.5 Å². The number of fused-ring (bicyclic) bond motifs is 1. The highest BCUT2D eigenvalue weighted by Crippen LogP contribution is 2.34. The number of hydrogen-bond acceptors (Lipinski definition) is 4. The minimum absolute atomic E-state index is 0.0410. The molecule has 0 atom stereocenters. The van der Waals surface area contributed by atoms with Crippen molar-refractivity contribution in [2.45, 2.75) is 0 Å². The molecule has 0 heterocycles. The number of hydrogen-bond donors (Lipinski definition) is 0. The van der Waals surface area contributed by atoms with E-state index in [1.165, 1.54) is 12.1 Å². The summed E-state index contributed by atoms with van der Waals surface area (Å²) in [5, 5.41) is 10.6. The molecule has 0 N–H and O–H groups in total. The number of nitro benzene ring substituents is 1. The number of Topliss-reactive ketones (excluding diaryl/α,β-unsaturated/α-hetero) is 2. The van der Waals surface area contributed by atoms with Crippen LogP contribution in [0.15, 0.2) is 27.2 Å². The minimum atomic E-state index is -0.612. The number of ketones is 2. The van der Waals surface area contributed by atoms with Gasteiger partial charge >= 0.3 is 0 Å². The first-order valence-corrected chi connectivity index (χ1v) is 5.95. The molecule has 17 heavy (non-hydrogen) atoms. The average Bonchev–Trinajstić information content (AvgIpc) is 2.32. The zero-order valence-electron chi connectivity index (χ0n) is 8.07. The summed E-state index contributed by atoms with van der Waals surface area (Å²) < 4.78 is 0.208. The van der Waals surface area contributed by atoms with Gasteiger partial charge in [-0.25, -0.2) is 0 Å². The highest BCUT2D eigenvalue weighted by Gasteiger charge is 2.31. The van der Waals surface area contributed by atoms with Crippen molar-refractivity contribution in [1.82, 2.24) is 0 Å². The van der Waals surface area contributed by atoms with Crippen LogP contribution in [0, 0.1) is 10.1 Å². The van der Waals surface area contributed by atoms with Crippen LogP contribution < -0.4 is 0 Å². The van der Waals surface area contributed by atoms with Crippen LogP contribution in [-0.2, 0) is 0 Å². The Bertz CT molecular complexity index is 606. The van der Waals surface area contributed by atoms with Crippen LogP contribution in [0.1, 0.15) is 20.7 Å². The number of carbonyl (C=O) groups excluding carboxylic acids is 2. The first kappa shape index (κ1) is 12.1. The van der Waals surface area contributed by atoms with Crippen molar-refractivity contribution in [3.63, 3.8) is 0 Å². The molecule has 1 aliphatic carbocycles. The van der Waals surface area contributed by atoms with Crippen LogP contribution >= 0.6 is 31.9 Å². The summed E-state index contributed by atoms with van der Waals surface area (Å²) in [5.74, 6) is -0.823. The second-order valence-electron chi connectivity index (χ2n) is 3.27. The van der Waals surface area contributed by atoms with Crippen molar-refractivity contribution in [3.05, 3.63) is 48.4 Å². The number of allylic oxidation sites excluding steroid dienone is 2. The number of nitro groups is 1. The second-order valence-corrected chi connectivity index (χ2v) is 4.86. The van der Waals surface area contributed by atoms with E-state index >= 15 is 0 Å². The second kappa shape index (κ2) is 4.15. The van der Waals surface area contributed by atoms with E-state index < -0.39 is 10.7 Å². The summed E-state index contributed by atoms with van der Waals surface area (Å²) in [6.07, 6.45) is 0. The molecule has 0 aliphatic heterocycles. The van der Waals surface area contributed by atoms with Gasteiger partial charge in [0.25, 0.3) is 5.69 Å². The SMILES string of the molecule is O=C1C(Br)=C(Br)C(=O)c2cc([N+](=O)[O-])ccc21. The fraction of sp³-hybridized carbons (Fsp3) is 0. The number of benzene rings is 1. The Balaban J connectivity index is 2.69. The Morgan fingerprint density at radius 1 is 1.00 bits per heavy atom. The standard InChI is InChI=1S/C10H3Br2NO4/c11-7-8(12)10(15)6-3-4(13(16)17)1-2-5(6)9(7)14/h1-3H. The van der Waals surface area contributed by atoms with Gasteiger partial charge in [0.15, 0.2) is 0 Å². The minimum Gasteiger partial charge on any atom is -0.288 e. The van der Waals surface area contributed by atoms with Crippen LogP contribution in [0.2, 0.25) is 0 Å². The van der Waals surface area contributed by atoms with Gasteiger partial charge in [0, 0.05) is 23.3 Å². The highest BCUT2D eigenvalue weighted by atomic mass is 79.9. The third-order valence-corrected chi connectivity index (χ3v) is 4.34. The molecule has 5 nitrogen and oxygen atoms in total. The summed E-state index contributed by atoms with van der Waals surface area (Å²) in [5.41, 5.74) is -0.0156. The molecule has 1 aromatic carbocycles. The normalized spacial score (nSPS) is 14.9. The lowest BCUT2D eigenvalue weighted by atomic mass is 9.94. The van der Waals surface area contributed by atoms with Gasteiger partial charge in [-0.15, -0.1) is 0 Å². The maximum atomic E-state index is 11.8. The van der Waals surface area contributed by atoms with Gasteiger partial charge in [0.05, 0.1) is 13.9 Å². The van der Waals surface area contributed by atoms with Crippen LogP contribution in [0.5, 0.6) is 0 Å². The Hall–Kier alpha value is -1.34. The van der Waals surface area contributed by atoms with Crippen LogP contribution in [0.25, 0.3) is 0 Å². The Morgan fingerprint density at radius 3 is 2.06 bits per heavy atom. The van der Waals surface area contributed by atoms with Gasteiger partial charge in [-0.1, -0.05) is 0 Å². The average molecular weight is 361 g/mol. The molecule has 0 saturated carbocycles. The van der Waals surface area contributed by atoms with Crippen molar-refractivity contribution in [2.75, 3.05) is 0 Å². The van der Waals surface area contributed by atoms with Gasteiger partial charge in [-0.3, -0.25) is 19.7 Å². The van der Waals surface area contributed by atoms with Crippen molar-refractivity contribution in [2.24, 2.45) is 0 Å². The summed E-state index contributed by atoms with van der Waals surface area (Å²) in [6, 6.07) is 3.59. The van der Waals surface area contributed by atoms with Crippen molar-refractivity contribution in [3.8, 4) is 0 Å². The Kier molecular flexibility index (Phi) is 2.96. The van der Waals surface area contributed by atoms with Gasteiger partial charge in [-0.2, -0.15) is 0 Å². The number of non-ortho nitro benzene ring substituents is 1. The van der Waals surface area contributed by atoms with E-state index in [-0.39, 0.29) is 31.6 Å². The molecule has 2 rings (SSSR count). The molecule has 86 valence electrons. The third kappa shape index (κ3) is 1.85. The van der Waals surface area contributed by atoms with Crippen LogP contribution in [0.3, 0.4) is 0 Å². The van der Waals surface area contributed by atoms with Crippen LogP contribution in [0.4, 0.5) is 5.69 Å². The van der Waals surface area contributed by atoms with Gasteiger partial charge in [-0.05, 0) is 37.9 Å². The lowest BCUT2D eigenvalue weighted by Crippen LogP contribution is -2.17. The molecular weight excluding hydrogens is 358 g/mol. The number of nitrogens with zero attached hydrogens (tertiary/aromatic N) is 1. The predicted molar refractivity (Wildman–Crippen MR) is 66.6 cm³/mol. The third-order valence-electron chi connectivity index (χ3n) is 2.29. The van der Waals surface area contributed by atoms with E-state index in [0.717, 1.165) is 6.07 Å². The molecule has 1 aliphatic rings. The summed E-state index contributed by atoms with van der Waals surface area (Å²) in [6.45, 7) is 0. The molecule has 0 fully saturated rings. The molecule has 0 radical (unpaired) electrons. The zero-order chi connectivity index (χ0) is 12.7. The van der Waals surface area contributed by atoms with E-state index in [2.05, 4.69) is 31.9 Å². The van der Waals surface area contributed by atoms with Gasteiger partial charge in [0.2, 0.25) is 11.6 Å². The topological polar surface area (TPSA) is 77.3 Å². The molecule has 1 aromatic rings. The zero-order valence-corrected chi connectivity index (χ0v) is 11.2. The lowest BCUT2D eigenvalue weighted by Gasteiger charge is -2.13. The number of rotatable bonds is 1.